The van der Waals surface area contributed by atoms with Crippen LogP contribution >= 0.6 is 23.1 Å². The molecule has 4 nitrogen and oxygen atoms in total. The lowest BCUT2D eigenvalue weighted by Crippen LogP contribution is -2.45. The van der Waals surface area contributed by atoms with Gasteiger partial charge in [-0.15, -0.1) is 23.1 Å². The molecule has 110 valence electrons. The van der Waals surface area contributed by atoms with E-state index in [1.807, 2.05) is 11.4 Å². The fraction of sp³-hybridized carbons (Fsp3) is 0.571. The van der Waals surface area contributed by atoms with Crippen molar-refractivity contribution in [1.29, 1.82) is 0 Å². The standard InChI is InChI=1S/C14H19NO3S2/c16-13(9-19-8-10-4-3-7-20-10)15-12-6-2-1-5-11(12)14(17)18/h3-4,7,11-12H,1-2,5-6,8-9H2,(H,15,16)(H,17,18). The van der Waals surface area contributed by atoms with Crippen LogP contribution in [0.3, 0.4) is 0 Å². The smallest absolute Gasteiger partial charge is 0.308 e. The van der Waals surface area contributed by atoms with Gasteiger partial charge in [0.1, 0.15) is 0 Å². The summed E-state index contributed by atoms with van der Waals surface area (Å²) in [6.07, 6.45) is 3.38. The molecule has 6 heteroatoms. The largest absolute Gasteiger partial charge is 0.481 e. The maximum absolute atomic E-state index is 11.9. The van der Waals surface area contributed by atoms with Crippen LogP contribution in [0.4, 0.5) is 0 Å². The van der Waals surface area contributed by atoms with Crippen molar-refractivity contribution in [2.75, 3.05) is 5.75 Å². The summed E-state index contributed by atoms with van der Waals surface area (Å²) in [7, 11) is 0. The van der Waals surface area contributed by atoms with Crippen molar-refractivity contribution < 1.29 is 14.7 Å². The van der Waals surface area contributed by atoms with Gasteiger partial charge in [-0.1, -0.05) is 18.9 Å². The number of carboxylic acids is 1. The van der Waals surface area contributed by atoms with Crippen LogP contribution in [0, 0.1) is 5.92 Å². The number of carbonyl (C=O) groups is 2. The zero-order valence-corrected chi connectivity index (χ0v) is 12.8. The van der Waals surface area contributed by atoms with Gasteiger partial charge < -0.3 is 10.4 Å². The number of thioether (sulfide) groups is 1. The van der Waals surface area contributed by atoms with Crippen LogP contribution in [0.25, 0.3) is 0 Å². The van der Waals surface area contributed by atoms with Gasteiger partial charge in [0.15, 0.2) is 0 Å². The maximum atomic E-state index is 11.9. The van der Waals surface area contributed by atoms with Gasteiger partial charge in [-0.25, -0.2) is 0 Å². The molecule has 0 aliphatic heterocycles. The number of hydrogen-bond acceptors (Lipinski definition) is 4. The molecular weight excluding hydrogens is 294 g/mol. The van der Waals surface area contributed by atoms with Crippen LogP contribution in [0.5, 0.6) is 0 Å². The van der Waals surface area contributed by atoms with E-state index in [2.05, 4.69) is 11.4 Å². The summed E-state index contributed by atoms with van der Waals surface area (Å²) in [5, 5.41) is 14.1. The fourth-order valence-corrected chi connectivity index (χ4v) is 4.17. The molecule has 1 amide bonds. The molecule has 2 N–H and O–H groups in total. The van der Waals surface area contributed by atoms with Gasteiger partial charge in [0, 0.05) is 16.7 Å². The van der Waals surface area contributed by atoms with Crippen LogP contribution in [0.1, 0.15) is 30.6 Å². The Hall–Kier alpha value is -1.01. The highest BCUT2D eigenvalue weighted by atomic mass is 32.2. The molecule has 1 aromatic heterocycles. The fourth-order valence-electron chi connectivity index (χ4n) is 2.49. The first kappa shape index (κ1) is 15.4. The first-order chi connectivity index (χ1) is 9.66. The Morgan fingerprint density at radius 3 is 2.90 bits per heavy atom. The molecule has 1 fully saturated rings. The second-order valence-electron chi connectivity index (χ2n) is 4.98. The lowest BCUT2D eigenvalue weighted by molar-refractivity contribution is -0.144. The van der Waals surface area contributed by atoms with E-state index >= 15 is 0 Å². The van der Waals surface area contributed by atoms with Crippen molar-refractivity contribution in [1.82, 2.24) is 5.32 Å². The Labute approximate surface area is 127 Å². The highest BCUT2D eigenvalue weighted by Gasteiger charge is 2.31. The second-order valence-corrected chi connectivity index (χ2v) is 6.99. The van der Waals surface area contributed by atoms with Crippen molar-refractivity contribution in [3.63, 3.8) is 0 Å². The zero-order valence-electron chi connectivity index (χ0n) is 11.2. The van der Waals surface area contributed by atoms with E-state index in [0.717, 1.165) is 25.0 Å². The predicted molar refractivity (Wildman–Crippen MR) is 82.0 cm³/mol. The van der Waals surface area contributed by atoms with Crippen LogP contribution in [0.2, 0.25) is 0 Å². The number of amides is 1. The predicted octanol–water partition coefficient (Wildman–Crippen LogP) is 2.74. The molecule has 1 heterocycles. The summed E-state index contributed by atoms with van der Waals surface area (Å²) < 4.78 is 0. The molecule has 0 spiro atoms. The Balaban J connectivity index is 1.73. The molecular formula is C14H19NO3S2. The molecule has 0 radical (unpaired) electrons. The van der Waals surface area contributed by atoms with Crippen molar-refractivity contribution >= 4 is 35.0 Å². The third kappa shape index (κ3) is 4.52. The number of hydrogen-bond donors (Lipinski definition) is 2. The molecule has 20 heavy (non-hydrogen) atoms. The van der Waals surface area contributed by atoms with Gasteiger partial charge in [0.05, 0.1) is 11.7 Å². The normalized spacial score (nSPS) is 22.4. The third-order valence-corrected chi connectivity index (χ3v) is 5.53. The Morgan fingerprint density at radius 1 is 1.40 bits per heavy atom. The topological polar surface area (TPSA) is 66.4 Å². The summed E-state index contributed by atoms with van der Waals surface area (Å²) in [4.78, 5) is 24.3. The summed E-state index contributed by atoms with van der Waals surface area (Å²) >= 11 is 3.25. The molecule has 0 bridgehead atoms. The molecule has 1 aliphatic rings. The number of aliphatic carboxylic acids is 1. The molecule has 2 unspecified atom stereocenters. The van der Waals surface area contributed by atoms with E-state index in [1.165, 1.54) is 4.88 Å². The van der Waals surface area contributed by atoms with Crippen molar-refractivity contribution in [3.8, 4) is 0 Å². The minimum absolute atomic E-state index is 0.0512. The quantitative estimate of drug-likeness (QED) is 0.847. The summed E-state index contributed by atoms with van der Waals surface area (Å²) in [5.41, 5.74) is 0. The van der Waals surface area contributed by atoms with Crippen LogP contribution < -0.4 is 5.32 Å². The van der Waals surface area contributed by atoms with E-state index in [0.29, 0.717) is 12.2 Å². The van der Waals surface area contributed by atoms with E-state index in [4.69, 9.17) is 5.11 Å². The zero-order chi connectivity index (χ0) is 14.4. The Morgan fingerprint density at radius 2 is 2.20 bits per heavy atom. The summed E-state index contributed by atoms with van der Waals surface area (Å²) in [6.45, 7) is 0. The van der Waals surface area contributed by atoms with Crippen molar-refractivity contribution in [2.45, 2.75) is 37.5 Å². The molecule has 2 atom stereocenters. The van der Waals surface area contributed by atoms with E-state index in [-0.39, 0.29) is 11.9 Å². The van der Waals surface area contributed by atoms with E-state index < -0.39 is 11.9 Å². The second kappa shape index (κ2) is 7.69. The van der Waals surface area contributed by atoms with Gasteiger partial charge in [0.2, 0.25) is 5.91 Å². The Kier molecular flexibility index (Phi) is 5.91. The lowest BCUT2D eigenvalue weighted by Gasteiger charge is -2.29. The molecule has 0 aromatic carbocycles. The van der Waals surface area contributed by atoms with E-state index in [1.54, 1.807) is 23.1 Å². The minimum Gasteiger partial charge on any atom is -0.481 e. The van der Waals surface area contributed by atoms with E-state index in [9.17, 15) is 9.59 Å². The molecule has 0 saturated heterocycles. The van der Waals surface area contributed by atoms with Crippen LogP contribution in [0.15, 0.2) is 17.5 Å². The minimum atomic E-state index is -0.791. The van der Waals surface area contributed by atoms with Gasteiger partial charge in [-0.2, -0.15) is 0 Å². The molecule has 1 saturated carbocycles. The number of rotatable bonds is 6. The number of carboxylic acid groups (broad SMARTS) is 1. The SMILES string of the molecule is O=C(CSCc1cccs1)NC1CCCCC1C(=O)O. The highest BCUT2D eigenvalue weighted by molar-refractivity contribution is 7.99. The van der Waals surface area contributed by atoms with Gasteiger partial charge >= 0.3 is 5.97 Å². The van der Waals surface area contributed by atoms with Crippen LogP contribution in [-0.2, 0) is 15.3 Å². The molecule has 1 aliphatic carbocycles. The Bertz CT molecular complexity index is 447. The van der Waals surface area contributed by atoms with Crippen LogP contribution in [-0.4, -0.2) is 28.8 Å². The van der Waals surface area contributed by atoms with Gasteiger partial charge in [-0.3, -0.25) is 9.59 Å². The first-order valence-corrected chi connectivity index (χ1v) is 8.82. The van der Waals surface area contributed by atoms with Crippen molar-refractivity contribution in [3.05, 3.63) is 22.4 Å². The van der Waals surface area contributed by atoms with Gasteiger partial charge in [-0.05, 0) is 24.3 Å². The molecule has 2 rings (SSSR count). The van der Waals surface area contributed by atoms with Crippen molar-refractivity contribution in [2.24, 2.45) is 5.92 Å². The monoisotopic (exact) mass is 313 g/mol. The maximum Gasteiger partial charge on any atom is 0.308 e. The number of nitrogens with one attached hydrogen (secondary N) is 1. The first-order valence-electron chi connectivity index (χ1n) is 6.79. The number of thiophene rings is 1. The average Bonchev–Trinajstić information content (AvgIpc) is 2.92. The summed E-state index contributed by atoms with van der Waals surface area (Å²) in [6, 6.07) is 3.85. The molecule has 1 aromatic rings. The average molecular weight is 313 g/mol. The highest BCUT2D eigenvalue weighted by Crippen LogP contribution is 2.25. The third-order valence-electron chi connectivity index (χ3n) is 3.49. The number of carbonyl (C=O) groups excluding carboxylic acids is 1. The lowest BCUT2D eigenvalue weighted by atomic mass is 9.84. The van der Waals surface area contributed by atoms with Gasteiger partial charge in [0.25, 0.3) is 0 Å². The summed E-state index contributed by atoms with van der Waals surface area (Å²) in [5.74, 6) is -0.0419.